The Morgan fingerprint density at radius 2 is 1.81 bits per heavy atom. The molecular weight excluding hydrogens is 280 g/mol. The Labute approximate surface area is 120 Å². The molecule has 0 fully saturated rings. The first-order valence-corrected chi connectivity index (χ1v) is 6.14. The first kappa shape index (κ1) is 15.1. The third kappa shape index (κ3) is 3.87. The van der Waals surface area contributed by atoms with E-state index in [1.165, 1.54) is 12.1 Å². The molecule has 5 nitrogen and oxygen atoms in total. The maximum Gasteiger partial charge on any atom is 0.387 e. The van der Waals surface area contributed by atoms with E-state index in [0.29, 0.717) is 5.75 Å². The molecule has 0 spiro atoms. The summed E-state index contributed by atoms with van der Waals surface area (Å²) >= 11 is 0. The van der Waals surface area contributed by atoms with Crippen LogP contribution in [0.15, 0.2) is 42.7 Å². The fourth-order valence-electron chi connectivity index (χ4n) is 1.93. The molecule has 1 aromatic carbocycles. The third-order valence-electron chi connectivity index (χ3n) is 2.91. The second-order valence-electron chi connectivity index (χ2n) is 4.21. The fourth-order valence-corrected chi connectivity index (χ4v) is 1.93. The largest absolute Gasteiger partial charge is 0.495 e. The van der Waals surface area contributed by atoms with Crippen molar-refractivity contribution in [3.8, 4) is 11.5 Å². The lowest BCUT2D eigenvalue weighted by molar-refractivity contribution is -0.0498. The van der Waals surface area contributed by atoms with E-state index < -0.39 is 6.61 Å². The number of alkyl halides is 2. The van der Waals surface area contributed by atoms with Crippen molar-refractivity contribution < 1.29 is 18.3 Å². The number of benzene rings is 1. The lowest BCUT2D eigenvalue weighted by Crippen LogP contribution is -2.28. The molecule has 3 N–H and O–H groups in total. The summed E-state index contributed by atoms with van der Waals surface area (Å²) in [5, 5.41) is 0. The minimum Gasteiger partial charge on any atom is -0.495 e. The lowest BCUT2D eigenvalue weighted by atomic mass is 10.0. The van der Waals surface area contributed by atoms with Gasteiger partial charge in [0.05, 0.1) is 19.3 Å². The van der Waals surface area contributed by atoms with Gasteiger partial charge in [-0.25, -0.2) is 5.43 Å². The first-order chi connectivity index (χ1) is 10.1. The molecule has 2 rings (SSSR count). The van der Waals surface area contributed by atoms with Crippen molar-refractivity contribution in [3.05, 3.63) is 53.9 Å². The Hall–Kier alpha value is -2.25. The van der Waals surface area contributed by atoms with Gasteiger partial charge in [0.2, 0.25) is 0 Å². The Morgan fingerprint density at radius 1 is 1.10 bits per heavy atom. The number of halogens is 2. The summed E-state index contributed by atoms with van der Waals surface area (Å²) in [5.74, 6) is 6.27. The standard InChI is InChI=1S/C14H15F2N3O2/c1-20-12-6-10(7-18-8-12)13(19-17)9-2-4-11(5-3-9)21-14(15)16/h2-8,13-14,19H,17H2,1H3. The normalized spacial score (nSPS) is 12.2. The number of nitrogens with two attached hydrogens (primary N) is 1. The zero-order chi connectivity index (χ0) is 15.2. The summed E-state index contributed by atoms with van der Waals surface area (Å²) < 4.78 is 33.7. The molecule has 0 radical (unpaired) electrons. The van der Waals surface area contributed by atoms with E-state index in [-0.39, 0.29) is 11.8 Å². The smallest absolute Gasteiger partial charge is 0.387 e. The molecule has 1 aromatic heterocycles. The van der Waals surface area contributed by atoms with Crippen molar-refractivity contribution in [1.82, 2.24) is 10.4 Å². The number of hydrogen-bond donors (Lipinski definition) is 2. The van der Waals surface area contributed by atoms with E-state index in [1.807, 2.05) is 0 Å². The highest BCUT2D eigenvalue weighted by molar-refractivity contribution is 5.36. The minimum atomic E-state index is -2.85. The van der Waals surface area contributed by atoms with Crippen molar-refractivity contribution in [2.45, 2.75) is 12.7 Å². The van der Waals surface area contributed by atoms with Crippen LogP contribution in [0.3, 0.4) is 0 Å². The van der Waals surface area contributed by atoms with Gasteiger partial charge in [0.1, 0.15) is 11.5 Å². The Balaban J connectivity index is 2.24. The number of nitrogens with one attached hydrogen (secondary N) is 1. The van der Waals surface area contributed by atoms with Crippen molar-refractivity contribution in [2.75, 3.05) is 7.11 Å². The van der Waals surface area contributed by atoms with Crippen LogP contribution in [0.25, 0.3) is 0 Å². The van der Waals surface area contributed by atoms with E-state index in [2.05, 4.69) is 15.1 Å². The number of hydrogen-bond acceptors (Lipinski definition) is 5. The van der Waals surface area contributed by atoms with Gasteiger partial charge in [0, 0.05) is 6.20 Å². The second kappa shape index (κ2) is 6.96. The van der Waals surface area contributed by atoms with Crippen molar-refractivity contribution in [2.24, 2.45) is 5.84 Å². The number of rotatable bonds is 6. The van der Waals surface area contributed by atoms with Crippen LogP contribution in [0.1, 0.15) is 17.2 Å². The molecule has 1 unspecified atom stereocenters. The summed E-state index contributed by atoms with van der Waals surface area (Å²) in [7, 11) is 1.54. The van der Waals surface area contributed by atoms with E-state index in [1.54, 1.807) is 37.7 Å². The number of hydrazine groups is 1. The Kier molecular flexibility index (Phi) is 5.02. The second-order valence-corrected chi connectivity index (χ2v) is 4.21. The maximum atomic E-state index is 12.1. The van der Waals surface area contributed by atoms with E-state index in [0.717, 1.165) is 11.1 Å². The molecule has 0 aliphatic carbocycles. The topological polar surface area (TPSA) is 69.4 Å². The summed E-state index contributed by atoms with van der Waals surface area (Å²) in [6.45, 7) is -2.85. The van der Waals surface area contributed by atoms with E-state index in [9.17, 15) is 8.78 Å². The van der Waals surface area contributed by atoms with Gasteiger partial charge in [-0.15, -0.1) is 0 Å². The van der Waals surface area contributed by atoms with Crippen LogP contribution in [0.5, 0.6) is 11.5 Å². The quantitative estimate of drug-likeness (QED) is 0.632. The molecule has 21 heavy (non-hydrogen) atoms. The summed E-state index contributed by atoms with van der Waals surface area (Å²) in [5.41, 5.74) is 4.24. The van der Waals surface area contributed by atoms with Gasteiger partial charge in [0.25, 0.3) is 0 Å². The molecule has 0 aliphatic rings. The molecule has 1 atom stereocenters. The number of ether oxygens (including phenoxy) is 2. The highest BCUT2D eigenvalue weighted by Crippen LogP contribution is 2.25. The number of nitrogens with zero attached hydrogens (tertiary/aromatic N) is 1. The Morgan fingerprint density at radius 3 is 2.38 bits per heavy atom. The van der Waals surface area contributed by atoms with Gasteiger partial charge >= 0.3 is 6.61 Å². The van der Waals surface area contributed by atoms with E-state index in [4.69, 9.17) is 10.6 Å². The van der Waals surface area contributed by atoms with Crippen LogP contribution in [0.4, 0.5) is 8.78 Å². The average molecular weight is 295 g/mol. The first-order valence-electron chi connectivity index (χ1n) is 6.14. The van der Waals surface area contributed by atoms with E-state index >= 15 is 0 Å². The van der Waals surface area contributed by atoms with Gasteiger partial charge in [0.15, 0.2) is 0 Å². The molecular formula is C14H15F2N3O2. The van der Waals surface area contributed by atoms with Crippen molar-refractivity contribution >= 4 is 0 Å². The van der Waals surface area contributed by atoms with Gasteiger partial charge in [-0.2, -0.15) is 8.78 Å². The SMILES string of the molecule is COc1cncc(C(NN)c2ccc(OC(F)F)cc2)c1. The highest BCUT2D eigenvalue weighted by atomic mass is 19.3. The molecule has 1 heterocycles. The predicted molar refractivity (Wildman–Crippen MR) is 73.0 cm³/mol. The zero-order valence-electron chi connectivity index (χ0n) is 11.3. The van der Waals surface area contributed by atoms with Crippen molar-refractivity contribution in [3.63, 3.8) is 0 Å². The van der Waals surface area contributed by atoms with Gasteiger partial charge in [-0.1, -0.05) is 12.1 Å². The molecule has 7 heteroatoms. The van der Waals surface area contributed by atoms with Gasteiger partial charge in [-0.05, 0) is 29.3 Å². The average Bonchev–Trinajstić information content (AvgIpc) is 2.49. The fraction of sp³-hybridized carbons (Fsp3) is 0.214. The minimum absolute atomic E-state index is 0.0910. The molecule has 0 bridgehead atoms. The highest BCUT2D eigenvalue weighted by Gasteiger charge is 2.14. The predicted octanol–water partition coefficient (Wildman–Crippen LogP) is 2.24. The van der Waals surface area contributed by atoms with Crippen LogP contribution < -0.4 is 20.7 Å². The maximum absolute atomic E-state index is 12.1. The number of aromatic nitrogens is 1. The zero-order valence-corrected chi connectivity index (χ0v) is 11.3. The summed E-state index contributed by atoms with van der Waals surface area (Å²) in [6.07, 6.45) is 3.23. The molecule has 0 saturated heterocycles. The van der Waals surface area contributed by atoms with Gasteiger partial charge in [-0.3, -0.25) is 10.8 Å². The van der Waals surface area contributed by atoms with Crippen LogP contribution in [-0.2, 0) is 0 Å². The molecule has 0 amide bonds. The van der Waals surface area contributed by atoms with Crippen LogP contribution in [-0.4, -0.2) is 18.7 Å². The number of methoxy groups -OCH3 is 1. The lowest BCUT2D eigenvalue weighted by Gasteiger charge is -2.17. The molecule has 112 valence electrons. The van der Waals surface area contributed by atoms with Crippen molar-refractivity contribution in [1.29, 1.82) is 0 Å². The van der Waals surface area contributed by atoms with Crippen LogP contribution >= 0.6 is 0 Å². The summed E-state index contributed by atoms with van der Waals surface area (Å²) in [4.78, 5) is 4.06. The van der Waals surface area contributed by atoms with Gasteiger partial charge < -0.3 is 9.47 Å². The molecule has 0 aliphatic heterocycles. The van der Waals surface area contributed by atoms with Crippen LogP contribution in [0, 0.1) is 0 Å². The number of pyridine rings is 1. The monoisotopic (exact) mass is 295 g/mol. The molecule has 2 aromatic rings. The van der Waals surface area contributed by atoms with Crippen LogP contribution in [0.2, 0.25) is 0 Å². The Bertz CT molecular complexity index is 579. The molecule has 0 saturated carbocycles. The summed E-state index contributed by atoms with van der Waals surface area (Å²) in [6, 6.07) is 7.68. The third-order valence-corrected chi connectivity index (χ3v) is 2.91.